The number of furan rings is 1. The maximum absolute atomic E-state index is 6.48. The molecule has 55 heavy (non-hydrogen) atoms. The quantitative estimate of drug-likeness (QED) is 0.170. The van der Waals surface area contributed by atoms with E-state index in [1.165, 1.54) is 64.3 Å². The molecule has 3 heteroatoms. The number of benzene rings is 9. The molecule has 11 aromatic rings. The predicted octanol–water partition coefficient (Wildman–Crippen LogP) is 15.6. The van der Waals surface area contributed by atoms with Gasteiger partial charge in [-0.1, -0.05) is 146 Å². The van der Waals surface area contributed by atoms with Gasteiger partial charge >= 0.3 is 0 Å². The maximum Gasteiger partial charge on any atom is 0.137 e. The van der Waals surface area contributed by atoms with Crippen LogP contribution in [0.2, 0.25) is 0 Å². The first-order valence-corrected chi connectivity index (χ1v) is 19.5. The first kappa shape index (κ1) is 31.6. The number of thiophene rings is 1. The highest BCUT2D eigenvalue weighted by Gasteiger charge is 2.23. The lowest BCUT2D eigenvalue weighted by Crippen LogP contribution is -2.11. The fraction of sp³-hybridized carbons (Fsp3) is 0. The third kappa shape index (κ3) is 5.32. The van der Waals surface area contributed by atoms with Crippen molar-refractivity contribution in [3.8, 4) is 33.4 Å². The van der Waals surface area contributed by atoms with Crippen molar-refractivity contribution < 1.29 is 4.42 Å². The van der Waals surface area contributed by atoms with Crippen molar-refractivity contribution in [2.45, 2.75) is 0 Å². The molecule has 11 rings (SSSR count). The zero-order chi connectivity index (χ0) is 36.3. The molecule has 0 N–H and O–H groups in total. The summed E-state index contributed by atoms with van der Waals surface area (Å²) in [6, 6.07) is 72.3. The van der Waals surface area contributed by atoms with Crippen molar-refractivity contribution in [1.82, 2.24) is 0 Å². The van der Waals surface area contributed by atoms with E-state index in [0.717, 1.165) is 39.0 Å². The molecule has 9 aromatic carbocycles. The van der Waals surface area contributed by atoms with E-state index in [-0.39, 0.29) is 0 Å². The summed E-state index contributed by atoms with van der Waals surface area (Å²) in [6.07, 6.45) is 0. The Labute approximate surface area is 322 Å². The Hall–Kier alpha value is -6.94. The van der Waals surface area contributed by atoms with Crippen LogP contribution in [0.4, 0.5) is 17.1 Å². The monoisotopic (exact) mass is 719 g/mol. The van der Waals surface area contributed by atoms with Crippen molar-refractivity contribution in [2.75, 3.05) is 4.90 Å². The van der Waals surface area contributed by atoms with Gasteiger partial charge in [-0.2, -0.15) is 0 Å². The molecule has 0 saturated heterocycles. The van der Waals surface area contributed by atoms with Crippen molar-refractivity contribution >= 4 is 81.3 Å². The van der Waals surface area contributed by atoms with Gasteiger partial charge in [-0.3, -0.25) is 0 Å². The van der Waals surface area contributed by atoms with Crippen LogP contribution >= 0.6 is 11.3 Å². The Morgan fingerprint density at radius 1 is 0.382 bits per heavy atom. The molecule has 2 nitrogen and oxygen atoms in total. The van der Waals surface area contributed by atoms with E-state index in [2.05, 4.69) is 193 Å². The maximum atomic E-state index is 6.48. The summed E-state index contributed by atoms with van der Waals surface area (Å²) in [5, 5.41) is 7.28. The summed E-state index contributed by atoms with van der Waals surface area (Å²) in [5.74, 6) is 0. The lowest BCUT2D eigenvalue weighted by molar-refractivity contribution is 0.669. The first-order valence-electron chi connectivity index (χ1n) is 18.7. The van der Waals surface area contributed by atoms with E-state index in [1.807, 2.05) is 23.5 Å². The molecule has 0 aliphatic heterocycles. The SMILES string of the molecule is c1ccc(-c2ccc(N(c3ccc4c(c3)oc3ccccc34)c3ccc4sc5ccccc5c4c3-c3ccc(-c4cccc5ccccc45)cc3)cc2)cc1. The van der Waals surface area contributed by atoms with E-state index in [4.69, 9.17) is 4.42 Å². The smallest absolute Gasteiger partial charge is 0.137 e. The minimum absolute atomic E-state index is 0.868. The molecule has 0 saturated carbocycles. The molecule has 2 heterocycles. The Kier molecular flexibility index (Phi) is 7.39. The van der Waals surface area contributed by atoms with E-state index < -0.39 is 0 Å². The van der Waals surface area contributed by atoms with Gasteiger partial charge in [-0.15, -0.1) is 11.3 Å². The van der Waals surface area contributed by atoms with Gasteiger partial charge < -0.3 is 9.32 Å². The second-order valence-electron chi connectivity index (χ2n) is 14.1. The molecule has 0 radical (unpaired) electrons. The van der Waals surface area contributed by atoms with Crippen LogP contribution in [-0.4, -0.2) is 0 Å². The summed E-state index contributed by atoms with van der Waals surface area (Å²) in [6.45, 7) is 0. The van der Waals surface area contributed by atoms with Crippen LogP contribution < -0.4 is 4.90 Å². The van der Waals surface area contributed by atoms with Crippen LogP contribution in [0, 0.1) is 0 Å². The highest BCUT2D eigenvalue weighted by atomic mass is 32.1. The van der Waals surface area contributed by atoms with Crippen molar-refractivity contribution in [3.63, 3.8) is 0 Å². The van der Waals surface area contributed by atoms with Gasteiger partial charge in [0.1, 0.15) is 11.2 Å². The van der Waals surface area contributed by atoms with Crippen molar-refractivity contribution in [1.29, 1.82) is 0 Å². The summed E-state index contributed by atoms with van der Waals surface area (Å²) >= 11 is 1.85. The van der Waals surface area contributed by atoms with Crippen LogP contribution in [0.25, 0.3) is 86.3 Å². The average molecular weight is 720 g/mol. The number of nitrogens with zero attached hydrogens (tertiary/aromatic N) is 1. The van der Waals surface area contributed by atoms with Gasteiger partial charge in [-0.25, -0.2) is 0 Å². The summed E-state index contributed by atoms with van der Waals surface area (Å²) in [5.41, 5.74) is 12.2. The Morgan fingerprint density at radius 3 is 1.87 bits per heavy atom. The van der Waals surface area contributed by atoms with Crippen LogP contribution in [0.3, 0.4) is 0 Å². The molecule has 2 aromatic heterocycles. The third-order valence-electron chi connectivity index (χ3n) is 10.9. The highest BCUT2D eigenvalue weighted by Crippen LogP contribution is 2.49. The molecule has 0 bridgehead atoms. The summed E-state index contributed by atoms with van der Waals surface area (Å²) < 4.78 is 9.03. The number of rotatable bonds is 6. The second kappa shape index (κ2) is 12.9. The van der Waals surface area contributed by atoms with Gasteiger partial charge in [0.05, 0.1) is 5.69 Å². The highest BCUT2D eigenvalue weighted by molar-refractivity contribution is 7.26. The lowest BCUT2D eigenvalue weighted by Gasteiger charge is -2.28. The van der Waals surface area contributed by atoms with E-state index in [9.17, 15) is 0 Å². The van der Waals surface area contributed by atoms with Crippen LogP contribution in [-0.2, 0) is 0 Å². The fourth-order valence-electron chi connectivity index (χ4n) is 8.29. The Balaban J connectivity index is 1.15. The molecule has 0 amide bonds. The van der Waals surface area contributed by atoms with Crippen LogP contribution in [0.5, 0.6) is 0 Å². The van der Waals surface area contributed by atoms with E-state index >= 15 is 0 Å². The molecule has 0 unspecified atom stereocenters. The summed E-state index contributed by atoms with van der Waals surface area (Å²) in [7, 11) is 0. The minimum Gasteiger partial charge on any atom is -0.456 e. The Bertz CT molecular complexity index is 3190. The lowest BCUT2D eigenvalue weighted by atomic mass is 9.93. The largest absolute Gasteiger partial charge is 0.456 e. The zero-order valence-electron chi connectivity index (χ0n) is 29.8. The number of fused-ring (bicyclic) bond motifs is 7. The van der Waals surface area contributed by atoms with Gasteiger partial charge in [0.15, 0.2) is 0 Å². The topological polar surface area (TPSA) is 16.4 Å². The normalized spacial score (nSPS) is 11.6. The van der Waals surface area contributed by atoms with Crippen LogP contribution in [0.1, 0.15) is 0 Å². The number of hydrogen-bond acceptors (Lipinski definition) is 3. The predicted molar refractivity (Wildman–Crippen MR) is 235 cm³/mol. The fourth-order valence-corrected chi connectivity index (χ4v) is 9.41. The number of hydrogen-bond donors (Lipinski definition) is 0. The molecular formula is C52H33NOS. The van der Waals surface area contributed by atoms with Crippen LogP contribution in [0.15, 0.2) is 205 Å². The molecule has 0 aliphatic carbocycles. The first-order chi connectivity index (χ1) is 27.3. The molecule has 0 spiro atoms. The molecule has 0 fully saturated rings. The molecule has 0 atom stereocenters. The van der Waals surface area contributed by atoms with E-state index in [0.29, 0.717) is 0 Å². The zero-order valence-corrected chi connectivity index (χ0v) is 30.6. The summed E-state index contributed by atoms with van der Waals surface area (Å²) in [4.78, 5) is 2.40. The van der Waals surface area contributed by atoms with Gasteiger partial charge in [0.25, 0.3) is 0 Å². The van der Waals surface area contributed by atoms with E-state index in [1.54, 1.807) is 0 Å². The van der Waals surface area contributed by atoms with Gasteiger partial charge in [-0.05, 0) is 87.1 Å². The molecule has 258 valence electrons. The standard InChI is InChI=1S/C52H33NOS/c1-2-11-34(12-3-1)35-25-27-39(28-26-35)53(40-29-30-44-43-16-6-8-19-47(43)54-48(44)33-40)46-31-32-50-52(45-17-7-9-20-49(45)55-50)51(46)38-23-21-37(22-24-38)42-18-10-14-36-13-4-5-15-41(36)42/h1-33H. The second-order valence-corrected chi connectivity index (χ2v) is 15.1. The third-order valence-corrected chi connectivity index (χ3v) is 12.0. The minimum atomic E-state index is 0.868. The molecule has 0 aliphatic rings. The molecular weight excluding hydrogens is 687 g/mol. The average Bonchev–Trinajstić information content (AvgIpc) is 3.82. The van der Waals surface area contributed by atoms with Crippen molar-refractivity contribution in [3.05, 3.63) is 200 Å². The van der Waals surface area contributed by atoms with Gasteiger partial charge in [0, 0.05) is 53.9 Å². The number of anilines is 3. The number of para-hydroxylation sites is 1. The Morgan fingerprint density at radius 2 is 1.02 bits per heavy atom. The van der Waals surface area contributed by atoms with Crippen molar-refractivity contribution in [2.24, 2.45) is 0 Å². The van der Waals surface area contributed by atoms with Gasteiger partial charge in [0.2, 0.25) is 0 Å².